The van der Waals surface area contributed by atoms with E-state index in [9.17, 15) is 42.5 Å². The van der Waals surface area contributed by atoms with E-state index < -0.39 is 61.1 Å². The van der Waals surface area contributed by atoms with Gasteiger partial charge in [-0.15, -0.1) is 0 Å². The summed E-state index contributed by atoms with van der Waals surface area (Å²) in [5.41, 5.74) is 5.80. The van der Waals surface area contributed by atoms with Crippen LogP contribution in [0.5, 0.6) is 11.5 Å². The average Bonchev–Trinajstić information content (AvgIpc) is 1.75. The molecule has 6 heterocycles. The number of amides is 5. The number of hydrogen-bond acceptors (Lipinski definition) is 16. The number of anilines is 2. The van der Waals surface area contributed by atoms with Crippen molar-refractivity contribution in [3.8, 4) is 23.3 Å². The van der Waals surface area contributed by atoms with Gasteiger partial charge in [-0.1, -0.05) is 61.1 Å². The number of hydrogen-bond donors (Lipinski definition) is 4. The number of piperidine rings is 2. The number of nitro groups is 1. The highest BCUT2D eigenvalue weighted by Gasteiger charge is 2.45. The molecule has 2 aromatic heterocycles. The number of H-pyrrole nitrogens is 1. The maximum atomic E-state index is 14.2. The van der Waals surface area contributed by atoms with E-state index in [0.717, 1.165) is 80.3 Å². The third kappa shape index (κ3) is 13.3. The van der Waals surface area contributed by atoms with E-state index in [1.54, 1.807) is 36.5 Å². The number of nitro benzene ring substituents is 1. The van der Waals surface area contributed by atoms with E-state index in [1.807, 2.05) is 18.2 Å². The van der Waals surface area contributed by atoms with Gasteiger partial charge in [0, 0.05) is 98.8 Å². The molecule has 3 saturated heterocycles. The number of pyridine rings is 1. The van der Waals surface area contributed by atoms with Gasteiger partial charge in [-0.25, -0.2) is 18.1 Å². The molecule has 4 aromatic carbocycles. The molecule has 21 nitrogen and oxygen atoms in total. The second kappa shape index (κ2) is 25.2. The molecule has 86 heavy (non-hydrogen) atoms. The van der Waals surface area contributed by atoms with Gasteiger partial charge in [-0.2, -0.15) is 0 Å². The first-order valence-electron chi connectivity index (χ1n) is 28.8. The molecule has 0 bridgehead atoms. The molecule has 4 N–H and O–H groups in total. The van der Waals surface area contributed by atoms with Crippen molar-refractivity contribution in [3.63, 3.8) is 0 Å². The fraction of sp³-hybridized carbons (Fsp3) is 0.365. The number of carbonyl (C=O) groups excluding carboxylic acids is 5. The molecule has 1 aliphatic carbocycles. The lowest BCUT2D eigenvalue weighted by molar-refractivity contribution is -0.384. The summed E-state index contributed by atoms with van der Waals surface area (Å²) in [4.78, 5) is 91.6. The molecule has 5 amide bonds. The number of nitrogens with one attached hydrogen (secondary N) is 4. The standard InChI is InChI=1S/C63H65ClN10O11S/c1-63(2)22-20-44(51(35-63)41-10-12-45(64)13-11-41)39-71-25-27-72(28-26-71)46-14-16-49(55(33-46)85-47-32-43-21-23-65-58(43)67-37-47)59(76)69-86(82,83)48-15-17-52(54(34-48)74(80)81)66-36-40-6-4-24-70(38-40)29-31-84-30-5-8-42-7-3-9-50-57(42)62(79)73(61(50)78)53-18-19-56(75)68-60(53)77/h3,7,9-17,21,23,32-34,37,40,53,66H,4,6,18-20,22,24-31,35-36,38-39H2,1-2H3,(H,65,67)(H,69,76)(H,68,75,77). The zero-order valence-corrected chi connectivity index (χ0v) is 49.2. The molecular formula is C63H65ClN10O11S. The van der Waals surface area contributed by atoms with Gasteiger partial charge in [0.1, 0.15) is 35.5 Å². The predicted molar refractivity (Wildman–Crippen MR) is 323 cm³/mol. The van der Waals surface area contributed by atoms with Crippen LogP contribution in [0.25, 0.3) is 16.6 Å². The summed E-state index contributed by atoms with van der Waals surface area (Å²) in [7, 11) is -4.66. The van der Waals surface area contributed by atoms with Crippen LogP contribution in [0.3, 0.4) is 0 Å². The quantitative estimate of drug-likeness (QED) is 0.0207. The Morgan fingerprint density at radius 1 is 0.930 bits per heavy atom. The number of benzene rings is 4. The number of fused-ring (bicyclic) bond motifs is 2. The Bertz CT molecular complexity index is 3890. The molecule has 4 aliphatic heterocycles. The van der Waals surface area contributed by atoms with Crippen molar-refractivity contribution in [2.45, 2.75) is 69.7 Å². The number of ether oxygens (including phenoxy) is 2. The maximum Gasteiger partial charge on any atom is 0.293 e. The lowest BCUT2D eigenvalue weighted by atomic mass is 9.72. The minimum atomic E-state index is -4.66. The summed E-state index contributed by atoms with van der Waals surface area (Å²) in [5.74, 6) is 2.95. The van der Waals surface area contributed by atoms with Crippen LogP contribution in [0.15, 0.2) is 114 Å². The Hall–Kier alpha value is -8.46. The van der Waals surface area contributed by atoms with E-state index in [0.29, 0.717) is 61.3 Å². The Balaban J connectivity index is 0.700. The van der Waals surface area contributed by atoms with Crippen LogP contribution in [0.4, 0.5) is 17.1 Å². The largest absolute Gasteiger partial charge is 0.455 e. The van der Waals surface area contributed by atoms with Gasteiger partial charge in [0.15, 0.2) is 0 Å². The first-order valence-corrected chi connectivity index (χ1v) is 30.6. The number of aromatic amines is 1. The third-order valence-electron chi connectivity index (χ3n) is 16.6. The summed E-state index contributed by atoms with van der Waals surface area (Å²) in [6, 6.07) is 23.9. The molecule has 23 heteroatoms. The van der Waals surface area contributed by atoms with Crippen LogP contribution in [0.2, 0.25) is 5.02 Å². The molecule has 0 saturated carbocycles. The van der Waals surface area contributed by atoms with Gasteiger partial charge in [-0.3, -0.25) is 49.2 Å². The highest BCUT2D eigenvalue weighted by molar-refractivity contribution is 7.90. The SMILES string of the molecule is CC1(C)CCC(CN2CCN(c3ccc(C(=O)NS(=O)(=O)c4ccc(NCC5CCCN(CCOCC#Cc6cccc7c6C(=O)N(C6CCC(=O)NC6=O)C7=O)C5)c([N+](=O)[O-])c4)c(Oc4cnc5[nH]ccc5c4)c3)CC2)=C(c2ccc(Cl)cc2)C1. The number of likely N-dealkylation sites (tertiary alicyclic amines) is 1. The lowest BCUT2D eigenvalue weighted by Crippen LogP contribution is -2.54. The molecule has 5 aliphatic rings. The molecule has 3 fully saturated rings. The van der Waals surface area contributed by atoms with Crippen molar-refractivity contribution >= 4 is 84.8 Å². The third-order valence-corrected chi connectivity index (χ3v) is 18.2. The van der Waals surface area contributed by atoms with Crippen molar-refractivity contribution in [2.24, 2.45) is 11.3 Å². The second-order valence-electron chi connectivity index (χ2n) is 23.2. The van der Waals surface area contributed by atoms with Crippen molar-refractivity contribution in [2.75, 3.05) is 82.3 Å². The Morgan fingerprint density at radius 2 is 1.74 bits per heavy atom. The zero-order chi connectivity index (χ0) is 60.3. The van der Waals surface area contributed by atoms with Gasteiger partial charge >= 0.3 is 0 Å². The Morgan fingerprint density at radius 3 is 2.53 bits per heavy atom. The van der Waals surface area contributed by atoms with Gasteiger partial charge in [0.2, 0.25) is 11.8 Å². The van der Waals surface area contributed by atoms with Gasteiger partial charge in [-0.05, 0) is 128 Å². The summed E-state index contributed by atoms with van der Waals surface area (Å²) < 4.78 is 42.3. The van der Waals surface area contributed by atoms with E-state index in [1.165, 1.54) is 47.2 Å². The summed E-state index contributed by atoms with van der Waals surface area (Å²) in [6.07, 6.45) is 8.15. The normalized spacial score (nSPS) is 19.2. The molecule has 11 rings (SSSR count). The summed E-state index contributed by atoms with van der Waals surface area (Å²) in [6.45, 7) is 11.3. The average molecular weight is 1210 g/mol. The van der Waals surface area contributed by atoms with Crippen LogP contribution in [-0.4, -0.2) is 146 Å². The van der Waals surface area contributed by atoms with E-state index in [2.05, 4.69) is 77.8 Å². The van der Waals surface area contributed by atoms with Crippen LogP contribution < -0.4 is 25.0 Å². The summed E-state index contributed by atoms with van der Waals surface area (Å²) in [5, 5.41) is 19.3. The molecule has 446 valence electrons. The Kier molecular flexibility index (Phi) is 17.4. The van der Waals surface area contributed by atoms with Gasteiger partial charge in [0.05, 0.1) is 39.3 Å². The van der Waals surface area contributed by atoms with Crippen LogP contribution in [0.1, 0.15) is 101 Å². The predicted octanol–water partition coefficient (Wildman–Crippen LogP) is 8.41. The number of imide groups is 2. The molecule has 0 spiro atoms. The number of sulfonamides is 1. The van der Waals surface area contributed by atoms with E-state index in [4.69, 9.17) is 21.1 Å². The van der Waals surface area contributed by atoms with Crippen LogP contribution >= 0.6 is 11.6 Å². The van der Waals surface area contributed by atoms with Crippen molar-refractivity contribution in [3.05, 3.63) is 152 Å². The maximum absolute atomic E-state index is 14.2. The molecule has 2 unspecified atom stereocenters. The minimum Gasteiger partial charge on any atom is -0.455 e. The topological polar surface area (TPSA) is 259 Å². The first-order chi connectivity index (χ1) is 41.4. The fourth-order valence-corrected chi connectivity index (χ4v) is 13.1. The molecule has 6 aromatic rings. The Labute approximate surface area is 502 Å². The number of carbonyl (C=O) groups is 5. The van der Waals surface area contributed by atoms with Crippen LogP contribution in [-0.2, 0) is 24.3 Å². The highest BCUT2D eigenvalue weighted by atomic mass is 35.5. The smallest absolute Gasteiger partial charge is 0.293 e. The molecule has 0 radical (unpaired) electrons. The van der Waals surface area contributed by atoms with Crippen molar-refractivity contribution < 1.29 is 46.8 Å². The van der Waals surface area contributed by atoms with Gasteiger partial charge < -0.3 is 29.6 Å². The number of nitrogens with zero attached hydrogens (tertiary/aromatic N) is 6. The van der Waals surface area contributed by atoms with Crippen molar-refractivity contribution in [1.82, 2.24) is 34.7 Å². The lowest BCUT2D eigenvalue weighted by Gasteiger charge is -2.39. The van der Waals surface area contributed by atoms with Crippen LogP contribution in [0, 0.1) is 33.3 Å². The molecular weight excluding hydrogens is 1140 g/mol. The zero-order valence-electron chi connectivity index (χ0n) is 47.7. The number of halogens is 1. The summed E-state index contributed by atoms with van der Waals surface area (Å²) >= 11 is 6.27. The first kappa shape index (κ1) is 59.3. The number of piperazine rings is 1. The number of aromatic nitrogens is 2. The highest BCUT2D eigenvalue weighted by Crippen LogP contribution is 2.44. The molecule has 2 atom stereocenters. The number of allylic oxidation sites excluding steroid dienone is 1. The minimum absolute atomic E-state index is 0.0142. The van der Waals surface area contributed by atoms with Gasteiger partial charge in [0.25, 0.3) is 33.4 Å². The second-order valence-corrected chi connectivity index (χ2v) is 25.3. The fourth-order valence-electron chi connectivity index (χ4n) is 12.0. The van der Waals surface area contributed by atoms with E-state index in [-0.39, 0.29) is 58.9 Å². The number of rotatable bonds is 18. The van der Waals surface area contributed by atoms with E-state index >= 15 is 0 Å². The van der Waals surface area contributed by atoms with Crippen molar-refractivity contribution in [1.29, 1.82) is 0 Å². The monoisotopic (exact) mass is 1200 g/mol.